The molecule has 0 fully saturated rings. The van der Waals surface area contributed by atoms with Gasteiger partial charge in [0.1, 0.15) is 0 Å². The molecule has 0 rings (SSSR count). The first-order valence-electron chi connectivity index (χ1n) is 6.31. The molecule has 8 nitrogen and oxygen atoms in total. The molecular weight excluding hydrogens is 272 g/mol. The molecule has 8 N–H and O–H groups in total. The molecule has 0 saturated heterocycles. The largest absolute Gasteiger partial charge is 0.394 e. The molecule has 8 heteroatoms. The van der Waals surface area contributed by atoms with Crippen LogP contribution in [0.4, 0.5) is 0 Å². The van der Waals surface area contributed by atoms with Gasteiger partial charge in [0.15, 0.2) is 6.29 Å². The lowest BCUT2D eigenvalue weighted by molar-refractivity contribution is -0.0413. The van der Waals surface area contributed by atoms with Gasteiger partial charge in [-0.15, -0.1) is 0 Å². The van der Waals surface area contributed by atoms with Crippen molar-refractivity contribution in [2.24, 2.45) is 0 Å². The lowest BCUT2D eigenvalue weighted by atomic mass is 10.5. The van der Waals surface area contributed by atoms with Crippen LogP contribution in [0.25, 0.3) is 0 Å². The van der Waals surface area contributed by atoms with E-state index in [0.717, 1.165) is 0 Å². The molecule has 0 aliphatic carbocycles. The molecule has 0 bridgehead atoms. The van der Waals surface area contributed by atoms with E-state index in [1.54, 1.807) is 6.92 Å². The summed E-state index contributed by atoms with van der Waals surface area (Å²) >= 11 is 0. The van der Waals surface area contributed by atoms with Gasteiger partial charge in [-0.2, -0.15) is 0 Å². The van der Waals surface area contributed by atoms with Gasteiger partial charge in [0.05, 0.1) is 38.1 Å². The average molecular weight is 304 g/mol. The van der Waals surface area contributed by atoms with E-state index in [0.29, 0.717) is 6.42 Å². The summed E-state index contributed by atoms with van der Waals surface area (Å²) in [4.78, 5) is 0. The summed E-state index contributed by atoms with van der Waals surface area (Å²) in [6.45, 7) is 5.87. The maximum absolute atomic E-state index is 8.11. The van der Waals surface area contributed by atoms with Crippen LogP contribution in [0.1, 0.15) is 34.1 Å². The highest BCUT2D eigenvalue weighted by Crippen LogP contribution is 1.77. The van der Waals surface area contributed by atoms with Gasteiger partial charge in [-0.05, 0) is 27.2 Å². The molecule has 0 saturated carbocycles. The van der Waals surface area contributed by atoms with E-state index in [9.17, 15) is 0 Å². The summed E-state index contributed by atoms with van der Waals surface area (Å²) < 4.78 is 0. The number of hydrogen-bond acceptors (Lipinski definition) is 8. The minimum atomic E-state index is -1.12. The Hall–Kier alpha value is -0.320. The van der Waals surface area contributed by atoms with Crippen molar-refractivity contribution in [1.29, 1.82) is 0 Å². The van der Waals surface area contributed by atoms with Crippen molar-refractivity contribution in [3.63, 3.8) is 0 Å². The van der Waals surface area contributed by atoms with Gasteiger partial charge in [0.25, 0.3) is 0 Å². The van der Waals surface area contributed by atoms with Gasteiger partial charge >= 0.3 is 0 Å². The topological polar surface area (TPSA) is 162 Å². The van der Waals surface area contributed by atoms with Crippen molar-refractivity contribution < 1.29 is 40.9 Å². The quantitative estimate of drug-likeness (QED) is 0.271. The Morgan fingerprint density at radius 3 is 0.700 bits per heavy atom. The third-order valence-corrected chi connectivity index (χ3v) is 1.16. The molecule has 0 spiro atoms. The molecule has 0 aliphatic heterocycles. The van der Waals surface area contributed by atoms with Crippen molar-refractivity contribution in [2.45, 2.75) is 58.7 Å². The second-order valence-corrected chi connectivity index (χ2v) is 3.98. The first-order valence-corrected chi connectivity index (χ1v) is 6.31. The molecular formula is C12H32O8. The number of aliphatic hydroxyl groups excluding tert-OH is 7. The van der Waals surface area contributed by atoms with Crippen LogP contribution in [-0.4, -0.2) is 85.3 Å². The van der Waals surface area contributed by atoms with E-state index in [1.165, 1.54) is 20.8 Å². The Morgan fingerprint density at radius 2 is 0.700 bits per heavy atom. The highest BCUT2D eigenvalue weighted by atomic mass is 16.5. The minimum absolute atomic E-state index is 0.139. The zero-order valence-corrected chi connectivity index (χ0v) is 12.7. The van der Waals surface area contributed by atoms with Crippen LogP contribution in [0, 0.1) is 0 Å². The molecule has 0 amide bonds. The predicted molar refractivity (Wildman–Crippen MR) is 74.8 cm³/mol. The second kappa shape index (κ2) is 23.7. The first kappa shape index (κ1) is 27.9. The maximum atomic E-state index is 8.11. The summed E-state index contributed by atoms with van der Waals surface area (Å²) in [7, 11) is 0. The number of hydrogen-bond donors (Lipinski definition) is 8. The fourth-order valence-corrected chi connectivity index (χ4v) is 0. The molecule has 0 aromatic rings. The normalized spacial score (nSPS) is 13.7. The average Bonchev–Trinajstić information content (AvgIpc) is 2.40. The SMILES string of the molecule is CC(O)CO.CC(O)CO.CC(O)CO.CCC(O)O. The van der Waals surface area contributed by atoms with Crippen molar-refractivity contribution >= 4 is 0 Å². The Bertz CT molecular complexity index is 107. The van der Waals surface area contributed by atoms with Gasteiger partial charge in [0, 0.05) is 0 Å². The smallest absolute Gasteiger partial charge is 0.151 e. The molecule has 0 aliphatic rings. The molecule has 3 unspecified atom stereocenters. The van der Waals surface area contributed by atoms with Crippen LogP contribution in [0.15, 0.2) is 0 Å². The Labute approximate surface area is 120 Å². The van der Waals surface area contributed by atoms with E-state index in [-0.39, 0.29) is 19.8 Å². The molecule has 0 radical (unpaired) electrons. The van der Waals surface area contributed by atoms with Crippen molar-refractivity contribution in [1.82, 2.24) is 0 Å². The summed E-state index contributed by atoms with van der Waals surface area (Å²) in [5.41, 5.74) is 0. The molecule has 20 heavy (non-hydrogen) atoms. The first-order chi connectivity index (χ1) is 9.08. The number of rotatable bonds is 4. The summed E-state index contributed by atoms with van der Waals surface area (Å²) in [5.74, 6) is 0. The van der Waals surface area contributed by atoms with E-state index in [2.05, 4.69) is 0 Å². The Morgan fingerprint density at radius 1 is 0.600 bits per heavy atom. The molecule has 128 valence electrons. The van der Waals surface area contributed by atoms with Crippen LogP contribution in [0.3, 0.4) is 0 Å². The van der Waals surface area contributed by atoms with Crippen molar-refractivity contribution in [3.8, 4) is 0 Å². The van der Waals surface area contributed by atoms with Crippen LogP contribution < -0.4 is 0 Å². The lowest BCUT2D eigenvalue weighted by Crippen LogP contribution is -2.03. The summed E-state index contributed by atoms with van der Waals surface area (Å²) in [5, 5.41) is 63.8. The van der Waals surface area contributed by atoms with Crippen LogP contribution >= 0.6 is 0 Å². The van der Waals surface area contributed by atoms with Gasteiger partial charge in [-0.25, -0.2) is 0 Å². The Kier molecular flexibility index (Phi) is 33.2. The van der Waals surface area contributed by atoms with Gasteiger partial charge in [-0.1, -0.05) is 6.92 Å². The predicted octanol–water partition coefficient (Wildman–Crippen LogP) is -2.21. The summed E-state index contributed by atoms with van der Waals surface area (Å²) in [6.07, 6.45) is -2.38. The molecule has 0 aromatic carbocycles. The van der Waals surface area contributed by atoms with Gasteiger partial charge in [0.2, 0.25) is 0 Å². The third kappa shape index (κ3) is 83.4. The van der Waals surface area contributed by atoms with E-state index < -0.39 is 24.6 Å². The van der Waals surface area contributed by atoms with Gasteiger partial charge in [-0.3, -0.25) is 0 Å². The van der Waals surface area contributed by atoms with Crippen LogP contribution in [0.5, 0.6) is 0 Å². The number of aliphatic hydroxyl groups is 8. The molecule has 0 aromatic heterocycles. The lowest BCUT2D eigenvalue weighted by Gasteiger charge is -1.90. The van der Waals surface area contributed by atoms with Gasteiger partial charge < -0.3 is 40.9 Å². The zero-order valence-electron chi connectivity index (χ0n) is 12.7. The summed E-state index contributed by atoms with van der Waals surface area (Å²) in [6, 6.07) is 0. The Balaban J connectivity index is -0.0000000853. The standard InChI is InChI=1S/4C3H8O2/c3*1-3(5)2-4;1-2-3(4)5/h4*3-5H,2H2,1H3. The molecule has 0 heterocycles. The van der Waals surface area contributed by atoms with Crippen molar-refractivity contribution in [3.05, 3.63) is 0 Å². The zero-order chi connectivity index (χ0) is 17.1. The van der Waals surface area contributed by atoms with E-state index in [4.69, 9.17) is 40.9 Å². The van der Waals surface area contributed by atoms with Crippen LogP contribution in [-0.2, 0) is 0 Å². The van der Waals surface area contributed by atoms with Crippen molar-refractivity contribution in [2.75, 3.05) is 19.8 Å². The monoisotopic (exact) mass is 304 g/mol. The maximum Gasteiger partial charge on any atom is 0.151 e. The fraction of sp³-hybridized carbons (Fsp3) is 1.00. The highest BCUT2D eigenvalue weighted by molar-refractivity contribution is 4.34. The fourth-order valence-electron chi connectivity index (χ4n) is 0. The third-order valence-electron chi connectivity index (χ3n) is 1.16. The van der Waals surface area contributed by atoms with Crippen LogP contribution in [0.2, 0.25) is 0 Å². The van der Waals surface area contributed by atoms with E-state index >= 15 is 0 Å². The minimum Gasteiger partial charge on any atom is -0.394 e. The molecule has 3 atom stereocenters. The second-order valence-electron chi connectivity index (χ2n) is 3.98. The van der Waals surface area contributed by atoms with E-state index in [1.807, 2.05) is 0 Å². The highest BCUT2D eigenvalue weighted by Gasteiger charge is 1.84.